The molecule has 0 fully saturated rings. The first-order valence-corrected chi connectivity index (χ1v) is 8.86. The SMILES string of the molecule is COc1ccc(-c2csc3nc(NC(=O)c4cccc(C#N)c4)nn23)cc1. The molecule has 0 atom stereocenters. The van der Waals surface area contributed by atoms with Gasteiger partial charge in [0.2, 0.25) is 4.96 Å². The average molecular weight is 375 g/mol. The van der Waals surface area contributed by atoms with Gasteiger partial charge in [-0.3, -0.25) is 10.1 Å². The zero-order valence-corrected chi connectivity index (χ0v) is 15.0. The van der Waals surface area contributed by atoms with Gasteiger partial charge < -0.3 is 4.74 Å². The molecular weight excluding hydrogens is 362 g/mol. The molecule has 4 aromatic rings. The highest BCUT2D eigenvalue weighted by Crippen LogP contribution is 2.27. The summed E-state index contributed by atoms with van der Waals surface area (Å²) in [7, 11) is 1.62. The first kappa shape index (κ1) is 16.8. The summed E-state index contributed by atoms with van der Waals surface area (Å²) < 4.78 is 6.87. The number of anilines is 1. The Balaban J connectivity index is 1.61. The van der Waals surface area contributed by atoms with Gasteiger partial charge in [-0.25, -0.2) is 4.52 Å². The van der Waals surface area contributed by atoms with Gasteiger partial charge >= 0.3 is 0 Å². The summed E-state index contributed by atoms with van der Waals surface area (Å²) in [6.45, 7) is 0. The molecule has 0 unspecified atom stereocenters. The molecule has 2 heterocycles. The molecule has 0 aliphatic heterocycles. The lowest BCUT2D eigenvalue weighted by atomic mass is 10.1. The topological polar surface area (TPSA) is 92.3 Å². The van der Waals surface area contributed by atoms with Crippen LogP contribution < -0.4 is 10.1 Å². The van der Waals surface area contributed by atoms with E-state index in [4.69, 9.17) is 10.00 Å². The third-order valence-corrected chi connectivity index (χ3v) is 4.76. The van der Waals surface area contributed by atoms with E-state index in [-0.39, 0.29) is 11.9 Å². The van der Waals surface area contributed by atoms with Crippen LogP contribution in [0.25, 0.3) is 16.2 Å². The standard InChI is InChI=1S/C19H13N5O2S/c1-26-15-7-5-13(6-8-15)16-11-27-19-22-18(23-24(16)19)21-17(25)14-4-2-3-12(9-14)10-20/h2-9,11H,1H3,(H,21,23,25). The van der Waals surface area contributed by atoms with Crippen molar-refractivity contribution in [2.75, 3.05) is 12.4 Å². The van der Waals surface area contributed by atoms with Gasteiger partial charge in [0.05, 0.1) is 24.4 Å². The smallest absolute Gasteiger partial charge is 0.258 e. The molecule has 0 aliphatic carbocycles. The van der Waals surface area contributed by atoms with Crippen LogP contribution in [0.3, 0.4) is 0 Å². The van der Waals surface area contributed by atoms with Crippen LogP contribution in [0.5, 0.6) is 5.75 Å². The monoisotopic (exact) mass is 375 g/mol. The predicted octanol–water partition coefficient (Wildman–Crippen LogP) is 3.59. The summed E-state index contributed by atoms with van der Waals surface area (Å²) in [5.74, 6) is 0.622. The Kier molecular flexibility index (Phi) is 4.28. The van der Waals surface area contributed by atoms with Gasteiger partial charge in [-0.2, -0.15) is 10.2 Å². The van der Waals surface area contributed by atoms with E-state index in [9.17, 15) is 4.79 Å². The maximum absolute atomic E-state index is 12.4. The maximum Gasteiger partial charge on any atom is 0.258 e. The number of methoxy groups -OCH3 is 1. The minimum atomic E-state index is -0.364. The van der Waals surface area contributed by atoms with Crippen LogP contribution in [-0.4, -0.2) is 27.6 Å². The van der Waals surface area contributed by atoms with Crippen molar-refractivity contribution in [2.24, 2.45) is 0 Å². The van der Waals surface area contributed by atoms with Gasteiger partial charge in [-0.1, -0.05) is 6.07 Å². The van der Waals surface area contributed by atoms with E-state index in [1.54, 1.807) is 29.8 Å². The van der Waals surface area contributed by atoms with Crippen molar-refractivity contribution in [3.63, 3.8) is 0 Å². The number of carbonyl (C=O) groups excluding carboxylic acids is 1. The Labute approximate surface area is 158 Å². The van der Waals surface area contributed by atoms with Crippen molar-refractivity contribution in [3.05, 3.63) is 65.0 Å². The zero-order chi connectivity index (χ0) is 18.8. The summed E-state index contributed by atoms with van der Waals surface area (Å²) >= 11 is 1.43. The van der Waals surface area contributed by atoms with Crippen molar-refractivity contribution in [1.29, 1.82) is 5.26 Å². The Hall–Kier alpha value is -3.70. The quantitative estimate of drug-likeness (QED) is 0.588. The van der Waals surface area contributed by atoms with Crippen molar-refractivity contribution in [1.82, 2.24) is 14.6 Å². The van der Waals surface area contributed by atoms with E-state index in [1.807, 2.05) is 35.7 Å². The van der Waals surface area contributed by atoms with Gasteiger partial charge in [0.1, 0.15) is 5.75 Å². The first-order chi connectivity index (χ1) is 13.2. The molecule has 0 saturated carbocycles. The number of aromatic nitrogens is 3. The van der Waals surface area contributed by atoms with Gasteiger partial charge in [-0.05, 0) is 42.5 Å². The molecule has 0 spiro atoms. The van der Waals surface area contributed by atoms with Crippen LogP contribution in [0.15, 0.2) is 53.9 Å². The highest BCUT2D eigenvalue weighted by Gasteiger charge is 2.14. The molecule has 2 aromatic heterocycles. The van der Waals surface area contributed by atoms with E-state index in [0.717, 1.165) is 17.0 Å². The van der Waals surface area contributed by atoms with E-state index in [0.29, 0.717) is 16.1 Å². The number of nitrogens with one attached hydrogen (secondary N) is 1. The van der Waals surface area contributed by atoms with Crippen LogP contribution in [0.1, 0.15) is 15.9 Å². The zero-order valence-electron chi connectivity index (χ0n) is 14.2. The number of rotatable bonds is 4. The molecule has 8 heteroatoms. The number of hydrogen-bond acceptors (Lipinski definition) is 6. The summed E-state index contributed by atoms with van der Waals surface area (Å²) in [5.41, 5.74) is 2.63. The minimum absolute atomic E-state index is 0.212. The number of nitrogens with zero attached hydrogens (tertiary/aromatic N) is 4. The van der Waals surface area contributed by atoms with Crippen molar-refractivity contribution < 1.29 is 9.53 Å². The highest BCUT2D eigenvalue weighted by atomic mass is 32.1. The maximum atomic E-state index is 12.4. The van der Waals surface area contributed by atoms with Crippen LogP contribution in [0.4, 0.5) is 5.95 Å². The number of fused-ring (bicyclic) bond motifs is 1. The molecule has 7 nitrogen and oxygen atoms in total. The number of amides is 1. The normalized spacial score (nSPS) is 10.5. The van der Waals surface area contributed by atoms with E-state index < -0.39 is 0 Å². The van der Waals surface area contributed by atoms with Gasteiger partial charge in [0, 0.05) is 16.5 Å². The lowest BCUT2D eigenvalue weighted by Crippen LogP contribution is -2.13. The molecular formula is C19H13N5O2S. The molecule has 1 N–H and O–H groups in total. The molecule has 4 rings (SSSR count). The molecule has 0 saturated heterocycles. The molecule has 2 aromatic carbocycles. The van der Waals surface area contributed by atoms with E-state index >= 15 is 0 Å². The number of ether oxygens (including phenoxy) is 1. The fraction of sp³-hybridized carbons (Fsp3) is 0.0526. The lowest BCUT2D eigenvalue weighted by molar-refractivity contribution is 0.102. The predicted molar refractivity (Wildman–Crippen MR) is 102 cm³/mol. The molecule has 1 amide bonds. The van der Waals surface area contributed by atoms with E-state index in [2.05, 4.69) is 15.4 Å². The largest absolute Gasteiger partial charge is 0.497 e. The van der Waals surface area contributed by atoms with Crippen LogP contribution in [0.2, 0.25) is 0 Å². The molecule has 27 heavy (non-hydrogen) atoms. The van der Waals surface area contributed by atoms with Gasteiger partial charge in [-0.15, -0.1) is 16.4 Å². The van der Waals surface area contributed by atoms with E-state index in [1.165, 1.54) is 17.4 Å². The number of hydrogen-bond donors (Lipinski definition) is 1. The molecule has 0 radical (unpaired) electrons. The first-order valence-electron chi connectivity index (χ1n) is 7.98. The second-order valence-corrected chi connectivity index (χ2v) is 6.46. The Morgan fingerprint density at radius 2 is 2.07 bits per heavy atom. The summed E-state index contributed by atoms with van der Waals surface area (Å²) in [6, 6.07) is 16.1. The molecule has 0 bridgehead atoms. The van der Waals surface area contributed by atoms with Crippen molar-refractivity contribution in [3.8, 4) is 23.1 Å². The van der Waals surface area contributed by atoms with Crippen LogP contribution in [0, 0.1) is 11.3 Å². The molecule has 132 valence electrons. The minimum Gasteiger partial charge on any atom is -0.497 e. The second kappa shape index (κ2) is 6.90. The Morgan fingerprint density at radius 1 is 1.26 bits per heavy atom. The number of carbonyl (C=O) groups is 1. The number of thiazole rings is 1. The van der Waals surface area contributed by atoms with Crippen LogP contribution in [-0.2, 0) is 0 Å². The van der Waals surface area contributed by atoms with Gasteiger partial charge in [0.15, 0.2) is 0 Å². The van der Waals surface area contributed by atoms with Crippen LogP contribution >= 0.6 is 11.3 Å². The lowest BCUT2D eigenvalue weighted by Gasteiger charge is -2.02. The third kappa shape index (κ3) is 3.23. The third-order valence-electron chi connectivity index (χ3n) is 3.95. The van der Waals surface area contributed by atoms with Gasteiger partial charge in [0.25, 0.3) is 11.9 Å². The number of nitriles is 1. The Bertz CT molecular complexity index is 1170. The van der Waals surface area contributed by atoms with Crippen molar-refractivity contribution in [2.45, 2.75) is 0 Å². The Morgan fingerprint density at radius 3 is 2.81 bits per heavy atom. The highest BCUT2D eigenvalue weighted by molar-refractivity contribution is 7.15. The summed E-state index contributed by atoms with van der Waals surface area (Å²) in [4.78, 5) is 17.4. The fourth-order valence-corrected chi connectivity index (χ4v) is 3.43. The summed E-state index contributed by atoms with van der Waals surface area (Å²) in [6.07, 6.45) is 0. The fourth-order valence-electron chi connectivity index (χ4n) is 2.60. The van der Waals surface area contributed by atoms with Crippen molar-refractivity contribution >= 4 is 28.2 Å². The summed E-state index contributed by atoms with van der Waals surface area (Å²) in [5, 5.41) is 18.0. The second-order valence-electron chi connectivity index (χ2n) is 5.63. The molecule has 0 aliphatic rings. The number of benzene rings is 2. The average Bonchev–Trinajstić information content (AvgIpc) is 3.28.